The maximum Gasteiger partial charge on any atom is 0.339 e. The van der Waals surface area contributed by atoms with E-state index in [1.54, 1.807) is 0 Å². The first-order valence-corrected chi connectivity index (χ1v) is 6.10. The average Bonchev–Trinajstić information content (AvgIpc) is 3.07. The summed E-state index contributed by atoms with van der Waals surface area (Å²) in [7, 11) is 0. The van der Waals surface area contributed by atoms with Crippen molar-refractivity contribution in [1.82, 2.24) is 20.2 Å². The van der Waals surface area contributed by atoms with Crippen molar-refractivity contribution in [2.75, 3.05) is 18.0 Å². The fourth-order valence-electron chi connectivity index (χ4n) is 2.27. The van der Waals surface area contributed by atoms with Crippen molar-refractivity contribution >= 4 is 11.5 Å². The first kappa shape index (κ1) is 13.3. The van der Waals surface area contributed by atoms with Gasteiger partial charge in [0.1, 0.15) is 6.33 Å². The predicted molar refractivity (Wildman–Crippen MR) is 68.0 cm³/mol. The van der Waals surface area contributed by atoms with E-state index >= 15 is 0 Å². The molecule has 21 heavy (non-hydrogen) atoms. The highest BCUT2D eigenvalue weighted by Crippen LogP contribution is 2.38. The molecule has 110 valence electrons. The third-order valence-electron chi connectivity index (χ3n) is 3.21. The zero-order valence-corrected chi connectivity index (χ0v) is 10.7. The summed E-state index contributed by atoms with van der Waals surface area (Å²) in [6, 6.07) is 1.51. The number of H-pyrrole nitrogens is 1. The van der Waals surface area contributed by atoms with Crippen molar-refractivity contribution < 1.29 is 13.7 Å². The van der Waals surface area contributed by atoms with Gasteiger partial charge in [-0.1, -0.05) is 0 Å². The van der Waals surface area contributed by atoms with Gasteiger partial charge in [0.15, 0.2) is 5.69 Å². The van der Waals surface area contributed by atoms with Crippen LogP contribution in [0, 0.1) is 10.1 Å². The second kappa shape index (κ2) is 4.72. The maximum absolute atomic E-state index is 13.3. The first-order valence-electron chi connectivity index (χ1n) is 6.10. The molecule has 1 N–H and O–H groups in total. The molecule has 0 aromatic carbocycles. The smallest absolute Gasteiger partial charge is 0.339 e. The lowest BCUT2D eigenvalue weighted by atomic mass is 10.2. The Bertz CT molecular complexity index is 675. The van der Waals surface area contributed by atoms with Gasteiger partial charge in [-0.05, 0) is 6.07 Å². The molecule has 0 radical (unpaired) electrons. The molecule has 0 atom stereocenters. The Balaban J connectivity index is 2.09. The van der Waals surface area contributed by atoms with Gasteiger partial charge in [0.05, 0.1) is 17.2 Å². The van der Waals surface area contributed by atoms with Crippen LogP contribution >= 0.6 is 0 Å². The molecule has 1 saturated heterocycles. The van der Waals surface area contributed by atoms with Crippen molar-refractivity contribution in [3.63, 3.8) is 0 Å². The molecular formula is C11H10F2N6O2. The number of nitrogens with one attached hydrogen (secondary N) is 1. The Morgan fingerprint density at radius 1 is 1.43 bits per heavy atom. The van der Waals surface area contributed by atoms with Gasteiger partial charge in [0.25, 0.3) is 5.92 Å². The van der Waals surface area contributed by atoms with E-state index < -0.39 is 23.1 Å². The summed E-state index contributed by atoms with van der Waals surface area (Å²) in [6.07, 6.45) is 2.19. The number of hydrogen-bond donors (Lipinski definition) is 1. The minimum absolute atomic E-state index is 0.00721. The number of hydrogen-bond acceptors (Lipinski definition) is 6. The van der Waals surface area contributed by atoms with Crippen molar-refractivity contribution in [2.24, 2.45) is 0 Å². The van der Waals surface area contributed by atoms with Crippen molar-refractivity contribution in [3.05, 3.63) is 28.7 Å². The van der Waals surface area contributed by atoms with E-state index in [-0.39, 0.29) is 24.5 Å². The average molecular weight is 296 g/mol. The molecule has 3 heterocycles. The highest BCUT2D eigenvalue weighted by atomic mass is 19.3. The molecule has 8 nitrogen and oxygen atoms in total. The SMILES string of the molecule is O=[N+]([O-])c1c(-c2ccn[nH]2)ncnc1N1CCC(F)(F)C1. The second-order valence-corrected chi connectivity index (χ2v) is 4.65. The lowest BCUT2D eigenvalue weighted by Gasteiger charge is -2.17. The van der Waals surface area contributed by atoms with Gasteiger partial charge in [-0.2, -0.15) is 5.10 Å². The molecule has 1 aliphatic rings. The Hall–Kier alpha value is -2.65. The van der Waals surface area contributed by atoms with Gasteiger partial charge in [-0.3, -0.25) is 15.2 Å². The monoisotopic (exact) mass is 296 g/mol. The highest BCUT2D eigenvalue weighted by Gasteiger charge is 2.41. The van der Waals surface area contributed by atoms with Crippen molar-refractivity contribution in [2.45, 2.75) is 12.3 Å². The molecule has 0 unspecified atom stereocenters. The first-order chi connectivity index (χ1) is 9.98. The molecule has 0 spiro atoms. The summed E-state index contributed by atoms with van der Waals surface area (Å²) in [4.78, 5) is 19.6. The summed E-state index contributed by atoms with van der Waals surface area (Å²) in [6.45, 7) is -0.583. The Kier molecular flexibility index (Phi) is 3.00. The molecule has 0 saturated carbocycles. The minimum atomic E-state index is -2.87. The number of aromatic nitrogens is 4. The Morgan fingerprint density at radius 3 is 2.81 bits per heavy atom. The van der Waals surface area contributed by atoms with E-state index in [0.717, 1.165) is 6.33 Å². The van der Waals surface area contributed by atoms with Gasteiger partial charge >= 0.3 is 5.69 Å². The van der Waals surface area contributed by atoms with E-state index in [1.165, 1.54) is 17.2 Å². The largest absolute Gasteiger partial charge is 0.345 e. The molecule has 0 bridgehead atoms. The van der Waals surface area contributed by atoms with Gasteiger partial charge in [0.2, 0.25) is 5.82 Å². The number of halogens is 2. The number of rotatable bonds is 3. The minimum Gasteiger partial charge on any atom is -0.345 e. The predicted octanol–water partition coefficient (Wildman–Crippen LogP) is 1.62. The second-order valence-electron chi connectivity index (χ2n) is 4.65. The number of nitro groups is 1. The molecule has 0 amide bonds. The van der Waals surface area contributed by atoms with Gasteiger partial charge in [-0.15, -0.1) is 0 Å². The molecule has 1 aliphatic heterocycles. The topological polar surface area (TPSA) is 101 Å². The molecule has 1 fully saturated rings. The normalized spacial score (nSPS) is 17.1. The quantitative estimate of drug-likeness (QED) is 0.682. The lowest BCUT2D eigenvalue weighted by molar-refractivity contribution is -0.383. The number of alkyl halides is 2. The number of nitrogens with zero attached hydrogens (tertiary/aromatic N) is 5. The van der Waals surface area contributed by atoms with E-state index in [1.807, 2.05) is 0 Å². The van der Waals surface area contributed by atoms with E-state index in [2.05, 4.69) is 20.2 Å². The maximum atomic E-state index is 13.3. The molecule has 2 aromatic heterocycles. The van der Waals surface area contributed by atoms with E-state index in [4.69, 9.17) is 0 Å². The summed E-state index contributed by atoms with van der Waals surface area (Å²) < 4.78 is 26.6. The van der Waals surface area contributed by atoms with Crippen LogP contribution < -0.4 is 4.90 Å². The van der Waals surface area contributed by atoms with Gasteiger partial charge in [0, 0.05) is 19.2 Å². The van der Waals surface area contributed by atoms with Crippen LogP contribution in [-0.4, -0.2) is 44.1 Å². The third kappa shape index (κ3) is 2.39. The number of aromatic amines is 1. The Morgan fingerprint density at radius 2 is 2.24 bits per heavy atom. The van der Waals surface area contributed by atoms with Crippen LogP contribution in [-0.2, 0) is 0 Å². The van der Waals surface area contributed by atoms with Crippen molar-refractivity contribution in [3.8, 4) is 11.4 Å². The van der Waals surface area contributed by atoms with Crippen LogP contribution in [0.15, 0.2) is 18.6 Å². The van der Waals surface area contributed by atoms with Gasteiger partial charge < -0.3 is 4.90 Å². The molecule has 3 rings (SSSR count). The highest BCUT2D eigenvalue weighted by molar-refractivity contribution is 5.75. The molecule has 2 aromatic rings. The van der Waals surface area contributed by atoms with Crippen LogP contribution in [0.25, 0.3) is 11.4 Å². The molecular weight excluding hydrogens is 286 g/mol. The van der Waals surface area contributed by atoms with Crippen LogP contribution in [0.3, 0.4) is 0 Å². The summed E-state index contributed by atoms with van der Waals surface area (Å²) >= 11 is 0. The summed E-state index contributed by atoms with van der Waals surface area (Å²) in [5, 5.41) is 17.6. The molecule has 0 aliphatic carbocycles. The third-order valence-corrected chi connectivity index (χ3v) is 3.21. The standard InChI is InChI=1S/C11H10F2N6O2/c12-11(13)2-4-18(5-11)10-9(19(20)21)8(14-6-15-10)7-1-3-16-17-7/h1,3,6H,2,4-5H2,(H,16,17). The lowest BCUT2D eigenvalue weighted by Crippen LogP contribution is -2.26. The van der Waals surface area contributed by atoms with Crippen molar-refractivity contribution in [1.29, 1.82) is 0 Å². The van der Waals surface area contributed by atoms with Gasteiger partial charge in [-0.25, -0.2) is 18.7 Å². The Labute approximate surface area is 117 Å². The van der Waals surface area contributed by atoms with E-state index in [0.29, 0.717) is 5.69 Å². The zero-order valence-electron chi connectivity index (χ0n) is 10.7. The van der Waals surface area contributed by atoms with Crippen LogP contribution in [0.5, 0.6) is 0 Å². The zero-order chi connectivity index (χ0) is 15.0. The summed E-state index contributed by atoms with van der Waals surface area (Å²) in [5.74, 6) is -2.97. The number of anilines is 1. The fraction of sp³-hybridized carbons (Fsp3) is 0.364. The van der Waals surface area contributed by atoms with Crippen LogP contribution in [0.1, 0.15) is 6.42 Å². The molecule has 10 heteroatoms. The fourth-order valence-corrected chi connectivity index (χ4v) is 2.27. The van der Waals surface area contributed by atoms with Crippen LogP contribution in [0.4, 0.5) is 20.3 Å². The summed E-state index contributed by atoms with van der Waals surface area (Å²) in [5.41, 5.74) is -0.0477. The van der Waals surface area contributed by atoms with Crippen LogP contribution in [0.2, 0.25) is 0 Å². The van der Waals surface area contributed by atoms with E-state index in [9.17, 15) is 18.9 Å².